The molecular weight excluding hydrogens is 274 g/mol. The second kappa shape index (κ2) is 5.98. The van der Waals surface area contributed by atoms with Crippen molar-refractivity contribution in [3.8, 4) is 6.07 Å². The highest BCUT2D eigenvalue weighted by Crippen LogP contribution is 2.35. The Morgan fingerprint density at radius 2 is 2.09 bits per heavy atom. The summed E-state index contributed by atoms with van der Waals surface area (Å²) in [7, 11) is 0. The second-order valence-electron chi connectivity index (χ2n) is 7.25. The zero-order valence-corrected chi connectivity index (χ0v) is 13.6. The molecule has 0 aromatic carbocycles. The van der Waals surface area contributed by atoms with E-state index in [1.54, 1.807) is 6.20 Å². The van der Waals surface area contributed by atoms with E-state index in [1.807, 2.05) is 18.2 Å². The monoisotopic (exact) mass is 299 g/mol. The van der Waals surface area contributed by atoms with Crippen molar-refractivity contribution >= 4 is 0 Å². The van der Waals surface area contributed by atoms with Gasteiger partial charge in [-0.3, -0.25) is 4.98 Å². The first-order chi connectivity index (χ1) is 10.5. The molecule has 118 valence electrons. The summed E-state index contributed by atoms with van der Waals surface area (Å²) in [5, 5.41) is 9.70. The maximum absolute atomic E-state index is 9.70. The van der Waals surface area contributed by atoms with Crippen LogP contribution in [0.3, 0.4) is 0 Å². The van der Waals surface area contributed by atoms with Crippen LogP contribution in [0.5, 0.6) is 0 Å². The summed E-state index contributed by atoms with van der Waals surface area (Å²) in [6.07, 6.45) is 6.14. The molecule has 0 radical (unpaired) electrons. The van der Waals surface area contributed by atoms with Crippen LogP contribution in [0.4, 0.5) is 0 Å². The fourth-order valence-electron chi connectivity index (χ4n) is 3.68. The summed E-state index contributed by atoms with van der Waals surface area (Å²) in [6.45, 7) is 7.23. The van der Waals surface area contributed by atoms with E-state index in [9.17, 15) is 5.26 Å². The van der Waals surface area contributed by atoms with E-state index in [1.165, 1.54) is 0 Å². The third-order valence-electron chi connectivity index (χ3n) is 5.09. The Morgan fingerprint density at radius 3 is 2.64 bits per heavy atom. The van der Waals surface area contributed by atoms with Gasteiger partial charge in [-0.1, -0.05) is 6.07 Å². The molecule has 2 aliphatic heterocycles. The Hall–Kier alpha value is -1.44. The summed E-state index contributed by atoms with van der Waals surface area (Å²) >= 11 is 0. The van der Waals surface area contributed by atoms with Gasteiger partial charge in [0.2, 0.25) is 0 Å². The lowest BCUT2D eigenvalue weighted by Crippen LogP contribution is -2.45. The number of aromatic nitrogens is 1. The zero-order chi connectivity index (χ0) is 15.6. The van der Waals surface area contributed by atoms with Crippen LogP contribution in [0.1, 0.15) is 45.2 Å². The van der Waals surface area contributed by atoms with Gasteiger partial charge >= 0.3 is 0 Å². The van der Waals surface area contributed by atoms with E-state index in [2.05, 4.69) is 29.8 Å². The van der Waals surface area contributed by atoms with Crippen LogP contribution in [0.15, 0.2) is 24.4 Å². The van der Waals surface area contributed by atoms with E-state index < -0.39 is 5.41 Å². The lowest BCUT2D eigenvalue weighted by Gasteiger charge is -2.38. The fraction of sp³-hybridized carbons (Fsp3) is 0.667. The minimum Gasteiger partial charge on any atom is -0.371 e. The highest BCUT2D eigenvalue weighted by molar-refractivity contribution is 5.27. The number of hydrogen-bond donors (Lipinski definition) is 0. The van der Waals surface area contributed by atoms with E-state index in [4.69, 9.17) is 4.74 Å². The van der Waals surface area contributed by atoms with Gasteiger partial charge in [0.1, 0.15) is 5.41 Å². The molecule has 0 amide bonds. The fourth-order valence-corrected chi connectivity index (χ4v) is 3.68. The number of nitriles is 1. The zero-order valence-electron chi connectivity index (χ0n) is 13.6. The van der Waals surface area contributed by atoms with Crippen molar-refractivity contribution in [3.63, 3.8) is 0 Å². The number of hydrogen-bond acceptors (Lipinski definition) is 4. The van der Waals surface area contributed by atoms with Crippen LogP contribution in [0.25, 0.3) is 0 Å². The molecule has 0 spiro atoms. The second-order valence-corrected chi connectivity index (χ2v) is 7.25. The molecule has 22 heavy (non-hydrogen) atoms. The Bertz CT molecular complexity index is 541. The summed E-state index contributed by atoms with van der Waals surface area (Å²) in [5.74, 6) is 0. The Morgan fingerprint density at radius 1 is 1.32 bits per heavy atom. The summed E-state index contributed by atoms with van der Waals surface area (Å²) in [5.41, 5.74) is 0.550. The SMILES string of the molecule is CC1(C)CCC(CN2CCC(C#N)(c3ccccn3)CC2)O1. The van der Waals surface area contributed by atoms with Crippen LogP contribution in [0.2, 0.25) is 0 Å². The normalized spacial score (nSPS) is 27.4. The minimum atomic E-state index is -0.409. The molecule has 0 aliphatic carbocycles. The molecule has 3 heterocycles. The molecule has 4 nitrogen and oxygen atoms in total. The number of likely N-dealkylation sites (tertiary alicyclic amines) is 1. The standard InChI is InChI=1S/C18H25N3O/c1-17(2)7-6-15(22-17)13-21-11-8-18(14-19,9-12-21)16-5-3-4-10-20-16/h3-5,10,15H,6-9,11-13H2,1-2H3. The Balaban J connectivity index is 1.59. The number of nitrogens with zero attached hydrogens (tertiary/aromatic N) is 3. The highest BCUT2D eigenvalue weighted by atomic mass is 16.5. The van der Waals surface area contributed by atoms with Crippen molar-refractivity contribution in [2.75, 3.05) is 19.6 Å². The Kier molecular flexibility index (Phi) is 4.20. The molecule has 0 bridgehead atoms. The number of pyridine rings is 1. The maximum Gasteiger partial charge on any atom is 0.102 e. The van der Waals surface area contributed by atoms with E-state index in [0.717, 1.165) is 51.0 Å². The molecule has 3 rings (SSSR count). The predicted molar refractivity (Wildman–Crippen MR) is 85.4 cm³/mol. The van der Waals surface area contributed by atoms with Crippen molar-refractivity contribution in [1.82, 2.24) is 9.88 Å². The smallest absolute Gasteiger partial charge is 0.102 e. The first-order valence-corrected chi connectivity index (χ1v) is 8.26. The van der Waals surface area contributed by atoms with Gasteiger partial charge in [-0.2, -0.15) is 5.26 Å². The summed E-state index contributed by atoms with van der Waals surface area (Å²) in [4.78, 5) is 6.88. The van der Waals surface area contributed by atoms with Gasteiger partial charge in [0.05, 0.1) is 23.5 Å². The summed E-state index contributed by atoms with van der Waals surface area (Å²) < 4.78 is 6.10. The van der Waals surface area contributed by atoms with Crippen LogP contribution < -0.4 is 0 Å². The molecule has 1 atom stereocenters. The van der Waals surface area contributed by atoms with E-state index >= 15 is 0 Å². The molecule has 2 aliphatic rings. The largest absolute Gasteiger partial charge is 0.371 e. The van der Waals surface area contributed by atoms with Crippen LogP contribution in [-0.2, 0) is 10.2 Å². The molecule has 2 saturated heterocycles. The van der Waals surface area contributed by atoms with Crippen molar-refractivity contribution in [2.45, 2.75) is 56.7 Å². The molecule has 0 N–H and O–H groups in total. The Labute approximate surface area is 133 Å². The number of rotatable bonds is 3. The van der Waals surface area contributed by atoms with Crippen molar-refractivity contribution in [1.29, 1.82) is 5.26 Å². The third-order valence-corrected chi connectivity index (χ3v) is 5.09. The van der Waals surface area contributed by atoms with Gasteiger partial charge in [-0.15, -0.1) is 0 Å². The first-order valence-electron chi connectivity index (χ1n) is 8.26. The van der Waals surface area contributed by atoms with Gasteiger partial charge in [0, 0.05) is 25.8 Å². The van der Waals surface area contributed by atoms with Crippen LogP contribution >= 0.6 is 0 Å². The maximum atomic E-state index is 9.70. The quantitative estimate of drug-likeness (QED) is 0.861. The average Bonchev–Trinajstić information content (AvgIpc) is 2.88. The van der Waals surface area contributed by atoms with Gasteiger partial charge in [-0.25, -0.2) is 0 Å². The molecule has 1 aromatic heterocycles. The lowest BCUT2D eigenvalue weighted by atomic mass is 9.76. The molecule has 0 saturated carbocycles. The van der Waals surface area contributed by atoms with Crippen LogP contribution in [-0.4, -0.2) is 41.2 Å². The van der Waals surface area contributed by atoms with Crippen molar-refractivity contribution in [2.24, 2.45) is 0 Å². The van der Waals surface area contributed by atoms with Gasteiger partial charge in [0.25, 0.3) is 0 Å². The molecular formula is C18H25N3O. The van der Waals surface area contributed by atoms with Gasteiger partial charge < -0.3 is 9.64 Å². The first kappa shape index (κ1) is 15.5. The number of ether oxygens (including phenoxy) is 1. The molecule has 1 aromatic rings. The molecule has 2 fully saturated rings. The topological polar surface area (TPSA) is 49.2 Å². The van der Waals surface area contributed by atoms with Gasteiger partial charge in [0.15, 0.2) is 0 Å². The number of piperidine rings is 1. The van der Waals surface area contributed by atoms with E-state index in [0.29, 0.717) is 6.10 Å². The van der Waals surface area contributed by atoms with Crippen molar-refractivity contribution in [3.05, 3.63) is 30.1 Å². The van der Waals surface area contributed by atoms with E-state index in [-0.39, 0.29) is 5.60 Å². The average molecular weight is 299 g/mol. The predicted octanol–water partition coefficient (Wildman–Crippen LogP) is 2.90. The minimum absolute atomic E-state index is 0.0326. The summed E-state index contributed by atoms with van der Waals surface area (Å²) in [6, 6.07) is 8.41. The third kappa shape index (κ3) is 3.16. The lowest BCUT2D eigenvalue weighted by molar-refractivity contribution is -0.0320. The van der Waals surface area contributed by atoms with Crippen molar-refractivity contribution < 1.29 is 4.74 Å². The molecule has 4 heteroatoms. The molecule has 1 unspecified atom stereocenters. The highest BCUT2D eigenvalue weighted by Gasteiger charge is 2.39. The van der Waals surface area contributed by atoms with Crippen LogP contribution in [0, 0.1) is 11.3 Å². The van der Waals surface area contributed by atoms with Gasteiger partial charge in [-0.05, 0) is 51.7 Å².